The van der Waals surface area contributed by atoms with Crippen LogP contribution >= 0.6 is 11.6 Å². The lowest BCUT2D eigenvalue weighted by molar-refractivity contribution is -0.140. The molecule has 0 bridgehead atoms. The molecule has 3 aromatic rings. The van der Waals surface area contributed by atoms with Gasteiger partial charge in [0.2, 0.25) is 0 Å². The van der Waals surface area contributed by atoms with Crippen LogP contribution in [0.25, 0.3) is 22.2 Å². The van der Waals surface area contributed by atoms with Crippen molar-refractivity contribution in [3.05, 3.63) is 57.7 Å². The molecule has 0 saturated heterocycles. The minimum Gasteiger partial charge on any atom is -0.283 e. The molecule has 4 nitrogen and oxygen atoms in total. The van der Waals surface area contributed by atoms with Gasteiger partial charge in [-0.1, -0.05) is 29.8 Å². The highest BCUT2D eigenvalue weighted by Gasteiger charge is 2.30. The minimum atomic E-state index is -4.56. The summed E-state index contributed by atoms with van der Waals surface area (Å²) >= 11 is 6.09. The second kappa shape index (κ2) is 5.90. The highest BCUT2D eigenvalue weighted by atomic mass is 35.5. The van der Waals surface area contributed by atoms with Crippen molar-refractivity contribution < 1.29 is 13.2 Å². The highest BCUT2D eigenvalue weighted by molar-refractivity contribution is 6.33. The molecule has 0 amide bonds. The third-order valence-electron chi connectivity index (χ3n) is 3.45. The Morgan fingerprint density at radius 3 is 2.58 bits per heavy atom. The molecule has 8 heteroatoms. The van der Waals surface area contributed by atoms with Crippen LogP contribution < -0.4 is 5.56 Å². The fourth-order valence-electron chi connectivity index (χ4n) is 2.44. The van der Waals surface area contributed by atoms with Gasteiger partial charge in [-0.05, 0) is 19.1 Å². The summed E-state index contributed by atoms with van der Waals surface area (Å²) in [5, 5.41) is 0.611. The van der Waals surface area contributed by atoms with E-state index in [-0.39, 0.29) is 22.1 Å². The number of aromatic nitrogens is 3. The number of hydrogen-bond acceptors (Lipinski definition) is 3. The van der Waals surface area contributed by atoms with Crippen molar-refractivity contribution in [3.63, 3.8) is 0 Å². The smallest absolute Gasteiger partial charge is 0.283 e. The number of rotatable bonds is 2. The minimum absolute atomic E-state index is 0.0550. The maximum Gasteiger partial charge on any atom is 0.406 e. The molecule has 124 valence electrons. The Hall–Kier alpha value is -2.41. The Morgan fingerprint density at radius 2 is 1.92 bits per heavy atom. The Kier molecular flexibility index (Phi) is 4.04. The summed E-state index contributed by atoms with van der Waals surface area (Å²) in [6.07, 6.45) is -3.17. The summed E-state index contributed by atoms with van der Waals surface area (Å²) in [5.74, 6) is 0.281. The molecule has 0 aliphatic rings. The Labute approximate surface area is 139 Å². The molecule has 0 N–H and O–H groups in total. The van der Waals surface area contributed by atoms with Crippen molar-refractivity contribution in [2.24, 2.45) is 0 Å². The van der Waals surface area contributed by atoms with Crippen LogP contribution in [0, 0.1) is 6.92 Å². The zero-order valence-electron chi connectivity index (χ0n) is 12.4. The van der Waals surface area contributed by atoms with Gasteiger partial charge in [0.05, 0.1) is 0 Å². The summed E-state index contributed by atoms with van der Waals surface area (Å²) < 4.78 is 39.4. The van der Waals surface area contributed by atoms with Crippen molar-refractivity contribution in [2.75, 3.05) is 0 Å². The predicted molar refractivity (Wildman–Crippen MR) is 85.0 cm³/mol. The van der Waals surface area contributed by atoms with Crippen LogP contribution in [0.1, 0.15) is 5.82 Å². The topological polar surface area (TPSA) is 47.8 Å². The van der Waals surface area contributed by atoms with Crippen molar-refractivity contribution >= 4 is 22.6 Å². The zero-order valence-corrected chi connectivity index (χ0v) is 13.2. The van der Waals surface area contributed by atoms with Crippen LogP contribution in [-0.2, 0) is 6.54 Å². The van der Waals surface area contributed by atoms with Crippen molar-refractivity contribution in [3.8, 4) is 11.1 Å². The number of alkyl halides is 3. The van der Waals surface area contributed by atoms with Crippen molar-refractivity contribution in [1.82, 2.24) is 14.5 Å². The first-order valence-electron chi connectivity index (χ1n) is 6.95. The molecule has 2 aromatic heterocycles. The molecule has 0 radical (unpaired) electrons. The lowest BCUT2D eigenvalue weighted by Gasteiger charge is -2.14. The van der Waals surface area contributed by atoms with Gasteiger partial charge in [-0.3, -0.25) is 9.36 Å². The van der Waals surface area contributed by atoms with Gasteiger partial charge in [-0.2, -0.15) is 13.2 Å². The maximum absolute atomic E-state index is 12.9. The van der Waals surface area contributed by atoms with Crippen LogP contribution in [0.15, 0.2) is 41.3 Å². The van der Waals surface area contributed by atoms with E-state index in [0.29, 0.717) is 15.5 Å². The van der Waals surface area contributed by atoms with Crippen molar-refractivity contribution in [1.29, 1.82) is 0 Å². The van der Waals surface area contributed by atoms with Gasteiger partial charge in [0.25, 0.3) is 5.56 Å². The summed E-state index contributed by atoms with van der Waals surface area (Å²) in [7, 11) is 0. The van der Waals surface area contributed by atoms with Crippen molar-refractivity contribution in [2.45, 2.75) is 19.6 Å². The fourth-order valence-corrected chi connectivity index (χ4v) is 2.68. The van der Waals surface area contributed by atoms with E-state index in [1.165, 1.54) is 12.3 Å². The molecular formula is C16H11ClF3N3O. The number of nitrogens with zero attached hydrogens (tertiary/aromatic N) is 3. The number of hydrogen-bond donors (Lipinski definition) is 0. The third-order valence-corrected chi connectivity index (χ3v) is 3.78. The van der Waals surface area contributed by atoms with Gasteiger partial charge in [0.15, 0.2) is 0 Å². The summed E-state index contributed by atoms with van der Waals surface area (Å²) in [6.45, 7) is 0.112. The van der Waals surface area contributed by atoms with Crippen LogP contribution in [0.5, 0.6) is 0 Å². The van der Waals surface area contributed by atoms with E-state index in [2.05, 4.69) is 9.97 Å². The predicted octanol–water partition coefficient (Wildman–Crippen LogP) is 3.98. The summed E-state index contributed by atoms with van der Waals surface area (Å²) in [5.41, 5.74) is -0.418. The van der Waals surface area contributed by atoms with Gasteiger partial charge in [0.1, 0.15) is 18.0 Å². The normalized spacial score (nSPS) is 11.9. The SMILES string of the molecule is Cc1ncc2cc(-c3ccccc3Cl)c(=O)n(CC(F)(F)F)c2n1. The van der Waals surface area contributed by atoms with Crippen LogP contribution in [0.2, 0.25) is 5.02 Å². The molecule has 0 fully saturated rings. The second-order valence-electron chi connectivity index (χ2n) is 5.24. The quantitative estimate of drug-likeness (QED) is 0.700. The van der Waals surface area contributed by atoms with E-state index >= 15 is 0 Å². The Morgan fingerprint density at radius 1 is 1.21 bits per heavy atom. The molecule has 0 atom stereocenters. The Balaban J connectivity index is 2.37. The lowest BCUT2D eigenvalue weighted by atomic mass is 10.1. The molecule has 0 aliphatic heterocycles. The molecule has 0 aliphatic carbocycles. The fraction of sp³-hybridized carbons (Fsp3) is 0.188. The number of benzene rings is 1. The van der Waals surface area contributed by atoms with E-state index in [9.17, 15) is 18.0 Å². The van der Waals surface area contributed by atoms with E-state index in [4.69, 9.17) is 11.6 Å². The van der Waals surface area contributed by atoms with Gasteiger partial charge < -0.3 is 0 Å². The molecule has 3 rings (SSSR count). The number of pyridine rings is 1. The van der Waals surface area contributed by atoms with Gasteiger partial charge >= 0.3 is 6.18 Å². The molecular weight excluding hydrogens is 343 g/mol. The average molecular weight is 354 g/mol. The average Bonchev–Trinajstić information content (AvgIpc) is 2.50. The van der Waals surface area contributed by atoms with Crippen LogP contribution in [0.3, 0.4) is 0 Å². The monoisotopic (exact) mass is 353 g/mol. The molecule has 0 unspecified atom stereocenters. The maximum atomic E-state index is 12.9. The Bertz CT molecular complexity index is 982. The van der Waals surface area contributed by atoms with Crippen LogP contribution in [-0.4, -0.2) is 20.7 Å². The molecule has 1 aromatic carbocycles. The molecule has 0 spiro atoms. The zero-order chi connectivity index (χ0) is 17.5. The number of fused-ring (bicyclic) bond motifs is 1. The molecule has 24 heavy (non-hydrogen) atoms. The van der Waals surface area contributed by atoms with Gasteiger partial charge in [-0.15, -0.1) is 0 Å². The number of aryl methyl sites for hydroxylation is 1. The summed E-state index contributed by atoms with van der Waals surface area (Å²) in [6, 6.07) is 7.95. The van der Waals surface area contributed by atoms with Crippen LogP contribution in [0.4, 0.5) is 13.2 Å². The first kappa shape index (κ1) is 16.4. The van der Waals surface area contributed by atoms with E-state index in [1.54, 1.807) is 31.2 Å². The van der Waals surface area contributed by atoms with Gasteiger partial charge in [0, 0.05) is 27.7 Å². The first-order chi connectivity index (χ1) is 11.3. The lowest BCUT2D eigenvalue weighted by Crippen LogP contribution is -2.30. The standard InChI is InChI=1S/C16H11ClF3N3O/c1-9-21-7-10-6-12(11-4-2-3-5-13(11)17)15(24)23(14(10)22-9)8-16(18,19)20/h2-7H,8H2,1H3. The summed E-state index contributed by atoms with van der Waals surface area (Å²) in [4.78, 5) is 20.7. The second-order valence-corrected chi connectivity index (χ2v) is 5.65. The molecule has 2 heterocycles. The van der Waals surface area contributed by atoms with E-state index in [1.807, 2.05) is 0 Å². The highest BCUT2D eigenvalue weighted by Crippen LogP contribution is 2.28. The number of halogens is 4. The first-order valence-corrected chi connectivity index (χ1v) is 7.33. The van der Waals surface area contributed by atoms with Gasteiger partial charge in [-0.25, -0.2) is 9.97 Å². The third kappa shape index (κ3) is 3.12. The van der Waals surface area contributed by atoms with E-state index in [0.717, 1.165) is 0 Å². The largest absolute Gasteiger partial charge is 0.406 e. The molecule has 0 saturated carbocycles. The van der Waals surface area contributed by atoms with E-state index < -0.39 is 18.3 Å².